The highest BCUT2D eigenvalue weighted by Crippen LogP contribution is 2.20. The van der Waals surface area contributed by atoms with Crippen LogP contribution in [-0.2, 0) is 0 Å². The van der Waals surface area contributed by atoms with E-state index in [1.807, 2.05) is 0 Å². The van der Waals surface area contributed by atoms with Crippen LogP contribution in [0.15, 0.2) is 24.3 Å². The van der Waals surface area contributed by atoms with Gasteiger partial charge in [-0.3, -0.25) is 4.90 Å². The number of benzene rings is 1. The smallest absolute Gasteiger partial charge is 0.0917 e. The maximum Gasteiger partial charge on any atom is 0.0917 e. The molecule has 0 amide bonds. The Labute approximate surface area is 124 Å². The Kier molecular flexibility index (Phi) is 6.70. The van der Waals surface area contributed by atoms with Crippen molar-refractivity contribution in [1.29, 1.82) is 0 Å². The van der Waals surface area contributed by atoms with Gasteiger partial charge in [0, 0.05) is 19.1 Å². The molecule has 1 N–H and O–H groups in total. The summed E-state index contributed by atoms with van der Waals surface area (Å²) in [6, 6.07) is 8.85. The second-order valence-corrected chi connectivity index (χ2v) is 6.78. The van der Waals surface area contributed by atoms with E-state index in [2.05, 4.69) is 70.7 Å². The molecule has 0 bridgehead atoms. The molecule has 0 aliphatic heterocycles. The van der Waals surface area contributed by atoms with Gasteiger partial charge in [0.1, 0.15) is 0 Å². The van der Waals surface area contributed by atoms with E-state index in [9.17, 15) is 5.11 Å². The van der Waals surface area contributed by atoms with Gasteiger partial charge < -0.3 is 5.11 Å². The fraction of sp³-hybridized carbons (Fsp3) is 0.667. The van der Waals surface area contributed by atoms with Crippen molar-refractivity contribution in [2.75, 3.05) is 13.1 Å². The molecule has 0 heterocycles. The molecular weight excluding hydrogens is 246 g/mol. The van der Waals surface area contributed by atoms with Crippen molar-refractivity contribution in [3.63, 3.8) is 0 Å². The molecule has 1 atom stereocenters. The van der Waals surface area contributed by atoms with Crippen LogP contribution in [0.3, 0.4) is 0 Å². The van der Waals surface area contributed by atoms with Crippen LogP contribution in [0, 0.1) is 5.92 Å². The molecule has 0 aliphatic rings. The molecule has 0 saturated heterocycles. The van der Waals surface area contributed by atoms with Crippen LogP contribution < -0.4 is 0 Å². The monoisotopic (exact) mass is 277 g/mol. The highest BCUT2D eigenvalue weighted by molar-refractivity contribution is 5.26. The van der Waals surface area contributed by atoms with E-state index in [-0.39, 0.29) is 0 Å². The molecule has 0 aromatic heterocycles. The molecule has 0 fully saturated rings. The lowest BCUT2D eigenvalue weighted by Gasteiger charge is -2.30. The lowest BCUT2D eigenvalue weighted by Crippen LogP contribution is -2.37. The van der Waals surface area contributed by atoms with Gasteiger partial charge in [0.25, 0.3) is 0 Å². The zero-order valence-corrected chi connectivity index (χ0v) is 13.9. The molecular formula is C18H31NO. The van der Waals surface area contributed by atoms with Gasteiger partial charge in [0.15, 0.2) is 0 Å². The third-order valence-electron chi connectivity index (χ3n) is 3.73. The van der Waals surface area contributed by atoms with Gasteiger partial charge in [-0.05, 0) is 36.8 Å². The number of aliphatic hydroxyl groups is 1. The minimum atomic E-state index is -0.405. The Morgan fingerprint density at radius 2 is 1.35 bits per heavy atom. The zero-order chi connectivity index (χ0) is 15.3. The number of rotatable bonds is 7. The number of nitrogens with zero attached hydrogens (tertiary/aromatic N) is 1. The van der Waals surface area contributed by atoms with E-state index in [4.69, 9.17) is 0 Å². The van der Waals surface area contributed by atoms with Crippen LogP contribution in [0.5, 0.6) is 0 Å². The maximum atomic E-state index is 10.4. The van der Waals surface area contributed by atoms with Gasteiger partial charge in [-0.25, -0.2) is 0 Å². The molecule has 2 heteroatoms. The standard InChI is InChI=1S/C18H31NO/c1-13(2)11-19(15(5)6)12-18(20)17-9-7-16(8-10-17)14(3)4/h7-10,13-15,18,20H,11-12H2,1-6H3. The fourth-order valence-electron chi connectivity index (χ4n) is 2.40. The average Bonchev–Trinajstić information content (AvgIpc) is 2.37. The molecule has 114 valence electrons. The van der Waals surface area contributed by atoms with Crippen molar-refractivity contribution in [2.45, 2.75) is 59.6 Å². The molecule has 1 aromatic rings. The summed E-state index contributed by atoms with van der Waals surface area (Å²) >= 11 is 0. The van der Waals surface area contributed by atoms with Crippen LogP contribution in [0.25, 0.3) is 0 Å². The second-order valence-electron chi connectivity index (χ2n) is 6.78. The van der Waals surface area contributed by atoms with Gasteiger partial charge in [-0.15, -0.1) is 0 Å². The first-order valence-corrected chi connectivity index (χ1v) is 7.83. The Balaban J connectivity index is 2.70. The lowest BCUT2D eigenvalue weighted by atomic mass is 9.99. The van der Waals surface area contributed by atoms with Gasteiger partial charge in [0.05, 0.1) is 6.10 Å². The Morgan fingerprint density at radius 1 is 0.850 bits per heavy atom. The van der Waals surface area contributed by atoms with Gasteiger partial charge >= 0.3 is 0 Å². The number of hydrogen-bond acceptors (Lipinski definition) is 2. The van der Waals surface area contributed by atoms with E-state index in [1.165, 1.54) is 5.56 Å². The summed E-state index contributed by atoms with van der Waals surface area (Å²) in [5.74, 6) is 1.15. The third-order valence-corrected chi connectivity index (χ3v) is 3.73. The highest BCUT2D eigenvalue weighted by Gasteiger charge is 2.17. The molecule has 20 heavy (non-hydrogen) atoms. The van der Waals surface area contributed by atoms with Crippen LogP contribution in [0.1, 0.15) is 64.7 Å². The first-order valence-electron chi connectivity index (χ1n) is 7.83. The van der Waals surface area contributed by atoms with Crippen LogP contribution in [0.2, 0.25) is 0 Å². The van der Waals surface area contributed by atoms with Crippen LogP contribution in [0.4, 0.5) is 0 Å². The Hall–Kier alpha value is -0.860. The van der Waals surface area contributed by atoms with E-state index in [1.54, 1.807) is 0 Å². The van der Waals surface area contributed by atoms with Crippen molar-refractivity contribution in [2.24, 2.45) is 5.92 Å². The van der Waals surface area contributed by atoms with E-state index in [0.717, 1.165) is 12.1 Å². The van der Waals surface area contributed by atoms with Crippen molar-refractivity contribution >= 4 is 0 Å². The van der Waals surface area contributed by atoms with Gasteiger partial charge in [-0.2, -0.15) is 0 Å². The Bertz CT molecular complexity index is 381. The number of hydrogen-bond donors (Lipinski definition) is 1. The van der Waals surface area contributed by atoms with E-state index >= 15 is 0 Å². The SMILES string of the molecule is CC(C)CN(CC(O)c1ccc(C(C)C)cc1)C(C)C. The average molecular weight is 277 g/mol. The molecule has 0 radical (unpaired) electrons. The third kappa shape index (κ3) is 5.26. The highest BCUT2D eigenvalue weighted by atomic mass is 16.3. The molecule has 1 unspecified atom stereocenters. The number of aliphatic hydroxyl groups excluding tert-OH is 1. The first kappa shape index (κ1) is 17.2. The largest absolute Gasteiger partial charge is 0.387 e. The lowest BCUT2D eigenvalue weighted by molar-refractivity contribution is 0.0877. The van der Waals surface area contributed by atoms with E-state index < -0.39 is 6.10 Å². The molecule has 0 aliphatic carbocycles. The van der Waals surface area contributed by atoms with Gasteiger partial charge in [-0.1, -0.05) is 52.0 Å². The minimum Gasteiger partial charge on any atom is -0.387 e. The maximum absolute atomic E-state index is 10.4. The predicted octanol–water partition coefficient (Wildman–Crippen LogP) is 4.21. The van der Waals surface area contributed by atoms with Crippen LogP contribution in [-0.4, -0.2) is 29.1 Å². The molecule has 1 aromatic carbocycles. The minimum absolute atomic E-state index is 0.405. The summed E-state index contributed by atoms with van der Waals surface area (Å²) < 4.78 is 0. The summed E-state index contributed by atoms with van der Waals surface area (Å²) in [5.41, 5.74) is 2.34. The normalized spacial score (nSPS) is 13.8. The quantitative estimate of drug-likeness (QED) is 0.807. The van der Waals surface area contributed by atoms with Crippen molar-refractivity contribution in [1.82, 2.24) is 4.90 Å². The second kappa shape index (κ2) is 7.80. The molecule has 2 nitrogen and oxygen atoms in total. The molecule has 0 saturated carbocycles. The van der Waals surface area contributed by atoms with Gasteiger partial charge in [0.2, 0.25) is 0 Å². The van der Waals surface area contributed by atoms with E-state index in [0.29, 0.717) is 24.4 Å². The van der Waals surface area contributed by atoms with Crippen molar-refractivity contribution < 1.29 is 5.11 Å². The molecule has 1 rings (SSSR count). The van der Waals surface area contributed by atoms with Crippen molar-refractivity contribution in [3.8, 4) is 0 Å². The van der Waals surface area contributed by atoms with Crippen molar-refractivity contribution in [3.05, 3.63) is 35.4 Å². The predicted molar refractivity (Wildman–Crippen MR) is 87.0 cm³/mol. The first-order chi connectivity index (χ1) is 9.31. The van der Waals surface area contributed by atoms with Crippen LogP contribution >= 0.6 is 0 Å². The summed E-state index contributed by atoms with van der Waals surface area (Å²) in [6.07, 6.45) is -0.405. The zero-order valence-electron chi connectivity index (χ0n) is 13.9. The molecule has 0 spiro atoms. The summed E-state index contributed by atoms with van der Waals surface area (Å²) in [4.78, 5) is 2.35. The fourth-order valence-corrected chi connectivity index (χ4v) is 2.40. The summed E-state index contributed by atoms with van der Waals surface area (Å²) in [7, 11) is 0. The summed E-state index contributed by atoms with van der Waals surface area (Å²) in [5, 5.41) is 10.4. The summed E-state index contributed by atoms with van der Waals surface area (Å²) in [6.45, 7) is 14.9. The topological polar surface area (TPSA) is 23.5 Å². The Morgan fingerprint density at radius 3 is 1.75 bits per heavy atom.